The van der Waals surface area contributed by atoms with E-state index in [2.05, 4.69) is 19.1 Å². The van der Waals surface area contributed by atoms with Crippen LogP contribution in [0.15, 0.2) is 42.5 Å². The van der Waals surface area contributed by atoms with Gasteiger partial charge in [-0.15, -0.1) is 0 Å². The fourth-order valence-electron chi connectivity index (χ4n) is 5.32. The molecule has 2 aliphatic rings. The van der Waals surface area contributed by atoms with E-state index >= 15 is 4.39 Å². The van der Waals surface area contributed by atoms with Gasteiger partial charge in [-0.1, -0.05) is 35.9 Å². The van der Waals surface area contributed by atoms with Gasteiger partial charge >= 0.3 is 0 Å². The minimum atomic E-state index is -0.450. The van der Waals surface area contributed by atoms with Crippen LogP contribution in [-0.4, -0.2) is 0 Å². The molecule has 0 nitrogen and oxygen atoms in total. The first-order valence-electron chi connectivity index (χ1n) is 10.5. The monoisotopic (exact) mass is 400 g/mol. The van der Waals surface area contributed by atoms with E-state index in [4.69, 9.17) is 11.6 Å². The fraction of sp³-hybridized carbons (Fsp3) is 0.440. The molecule has 28 heavy (non-hydrogen) atoms. The summed E-state index contributed by atoms with van der Waals surface area (Å²) in [5.74, 6) is 0.810. The Labute approximate surface area is 171 Å². The second kappa shape index (κ2) is 8.37. The highest BCUT2D eigenvalue weighted by Crippen LogP contribution is 2.49. The van der Waals surface area contributed by atoms with Gasteiger partial charge in [-0.25, -0.2) is 8.78 Å². The van der Waals surface area contributed by atoms with Crippen molar-refractivity contribution < 1.29 is 8.78 Å². The molecule has 3 atom stereocenters. The van der Waals surface area contributed by atoms with Crippen molar-refractivity contribution in [2.75, 3.05) is 0 Å². The summed E-state index contributed by atoms with van der Waals surface area (Å²) >= 11 is 5.93. The summed E-state index contributed by atoms with van der Waals surface area (Å²) in [4.78, 5) is 0. The van der Waals surface area contributed by atoms with Gasteiger partial charge in [0.05, 0.1) is 5.56 Å². The molecule has 0 heterocycles. The molecular weight excluding hydrogens is 374 g/mol. The maximum absolute atomic E-state index is 15.4. The molecule has 0 aliphatic heterocycles. The molecule has 2 aromatic rings. The lowest BCUT2D eigenvalue weighted by Crippen LogP contribution is -2.29. The minimum absolute atomic E-state index is 0.0916. The molecule has 3 unspecified atom stereocenters. The molecule has 0 aromatic heterocycles. The zero-order valence-electron chi connectivity index (χ0n) is 16.4. The Hall–Kier alpha value is -1.67. The van der Waals surface area contributed by atoms with Crippen LogP contribution in [-0.2, 0) is 6.42 Å². The maximum Gasteiger partial charge on any atom is 0.137 e. The molecular formula is C25H27ClF2. The zero-order valence-corrected chi connectivity index (χ0v) is 17.1. The Bertz CT molecular complexity index is 869. The van der Waals surface area contributed by atoms with Crippen LogP contribution in [0.5, 0.6) is 0 Å². The Balaban J connectivity index is 1.61. The first-order chi connectivity index (χ1) is 13.6. The predicted octanol–water partition coefficient (Wildman–Crippen LogP) is 8.09. The Morgan fingerprint density at radius 1 is 1.11 bits per heavy atom. The van der Waals surface area contributed by atoms with Crippen LogP contribution >= 0.6 is 11.6 Å². The predicted molar refractivity (Wildman–Crippen MR) is 113 cm³/mol. The van der Waals surface area contributed by atoms with E-state index in [1.807, 2.05) is 0 Å². The lowest BCUT2D eigenvalue weighted by molar-refractivity contribution is 0.201. The van der Waals surface area contributed by atoms with Crippen molar-refractivity contribution in [2.45, 2.75) is 57.8 Å². The van der Waals surface area contributed by atoms with Gasteiger partial charge in [0.1, 0.15) is 11.6 Å². The van der Waals surface area contributed by atoms with Crippen LogP contribution in [0.2, 0.25) is 5.02 Å². The van der Waals surface area contributed by atoms with Gasteiger partial charge in [0.15, 0.2) is 0 Å². The normalized spacial score (nSPS) is 24.2. The van der Waals surface area contributed by atoms with E-state index in [1.165, 1.54) is 19.3 Å². The molecule has 148 valence electrons. The largest absolute Gasteiger partial charge is 0.206 e. The van der Waals surface area contributed by atoms with E-state index in [1.54, 1.807) is 30.3 Å². The van der Waals surface area contributed by atoms with Gasteiger partial charge in [0.2, 0.25) is 0 Å². The highest BCUT2D eigenvalue weighted by molar-refractivity contribution is 6.30. The van der Waals surface area contributed by atoms with Gasteiger partial charge in [0.25, 0.3) is 0 Å². The number of hydrogen-bond acceptors (Lipinski definition) is 0. The Kier molecular flexibility index (Phi) is 5.87. The lowest BCUT2D eigenvalue weighted by Gasteiger charge is -2.41. The third-order valence-corrected chi connectivity index (χ3v) is 6.97. The smallest absolute Gasteiger partial charge is 0.137 e. The van der Waals surface area contributed by atoms with Crippen molar-refractivity contribution >= 4 is 11.6 Å². The zero-order chi connectivity index (χ0) is 19.7. The van der Waals surface area contributed by atoms with Crippen molar-refractivity contribution in [2.24, 2.45) is 11.8 Å². The second-order valence-electron chi connectivity index (χ2n) is 8.35. The quantitative estimate of drug-likeness (QED) is 0.455. The summed E-state index contributed by atoms with van der Waals surface area (Å²) in [5.41, 5.74) is 2.31. The third-order valence-electron chi connectivity index (χ3n) is 6.72. The molecule has 0 spiro atoms. The summed E-state index contributed by atoms with van der Waals surface area (Å²) < 4.78 is 30.3. The van der Waals surface area contributed by atoms with Crippen LogP contribution in [0, 0.1) is 23.5 Å². The fourth-order valence-corrected chi connectivity index (χ4v) is 5.45. The molecule has 0 radical (unpaired) electrons. The van der Waals surface area contributed by atoms with Crippen LogP contribution in [0.1, 0.15) is 62.5 Å². The summed E-state index contributed by atoms with van der Waals surface area (Å²) in [6, 6.07) is 8.37. The Morgan fingerprint density at radius 3 is 2.64 bits per heavy atom. The first kappa shape index (κ1) is 19.6. The van der Waals surface area contributed by atoms with Crippen LogP contribution in [0.25, 0.3) is 11.1 Å². The molecule has 0 bridgehead atoms. The van der Waals surface area contributed by atoms with Crippen molar-refractivity contribution in [1.82, 2.24) is 0 Å². The van der Waals surface area contributed by atoms with E-state index in [0.29, 0.717) is 28.8 Å². The standard InChI is InChI=1S/C25H27ClF2/c1-2-3-4-5-16-6-12-20-18(14-16)9-13-21-22(20)15-23(27)24(25(21)28)17-7-10-19(26)11-8-17/h2-3,7-8,10-11,15-16,18,20H,4-6,9,12-14H2,1H3/b3-2+. The average Bonchev–Trinajstić information content (AvgIpc) is 2.69. The lowest BCUT2D eigenvalue weighted by atomic mass is 9.64. The van der Waals surface area contributed by atoms with Gasteiger partial charge in [-0.05, 0) is 105 Å². The molecule has 1 fully saturated rings. The van der Waals surface area contributed by atoms with Crippen molar-refractivity contribution in [3.05, 3.63) is 70.3 Å². The molecule has 0 N–H and O–H groups in total. The molecule has 3 heteroatoms. The van der Waals surface area contributed by atoms with E-state index in [-0.39, 0.29) is 11.4 Å². The Morgan fingerprint density at radius 2 is 1.89 bits per heavy atom. The summed E-state index contributed by atoms with van der Waals surface area (Å²) in [7, 11) is 0. The number of rotatable bonds is 4. The van der Waals surface area contributed by atoms with Gasteiger partial charge in [-0.2, -0.15) is 0 Å². The summed E-state index contributed by atoms with van der Waals surface area (Å²) in [6.07, 6.45) is 11.9. The van der Waals surface area contributed by atoms with Gasteiger partial charge < -0.3 is 0 Å². The van der Waals surface area contributed by atoms with Crippen molar-refractivity contribution in [3.8, 4) is 11.1 Å². The highest BCUT2D eigenvalue weighted by Gasteiger charge is 2.37. The number of benzene rings is 2. The van der Waals surface area contributed by atoms with E-state index in [0.717, 1.165) is 36.3 Å². The highest BCUT2D eigenvalue weighted by atomic mass is 35.5. The van der Waals surface area contributed by atoms with E-state index in [9.17, 15) is 4.39 Å². The molecule has 2 aromatic carbocycles. The molecule has 0 saturated heterocycles. The molecule has 2 aliphatic carbocycles. The van der Waals surface area contributed by atoms with Crippen molar-refractivity contribution in [1.29, 1.82) is 0 Å². The third kappa shape index (κ3) is 3.76. The minimum Gasteiger partial charge on any atom is -0.206 e. The average molecular weight is 401 g/mol. The second-order valence-corrected chi connectivity index (χ2v) is 8.79. The van der Waals surface area contributed by atoms with Crippen LogP contribution < -0.4 is 0 Å². The number of hydrogen-bond donors (Lipinski definition) is 0. The summed E-state index contributed by atoms with van der Waals surface area (Å²) in [5, 5.41) is 0.566. The van der Waals surface area contributed by atoms with E-state index < -0.39 is 5.82 Å². The number of halogens is 3. The van der Waals surface area contributed by atoms with Crippen LogP contribution in [0.3, 0.4) is 0 Å². The SMILES string of the molecule is C/C=C/CCC1CCC2c3cc(F)c(-c4ccc(Cl)cc4)c(F)c3CCC2C1. The molecule has 0 amide bonds. The van der Waals surface area contributed by atoms with Crippen LogP contribution in [0.4, 0.5) is 8.78 Å². The number of fused-ring (bicyclic) bond motifs is 3. The molecule has 4 rings (SSSR count). The van der Waals surface area contributed by atoms with Gasteiger partial charge in [0, 0.05) is 5.02 Å². The van der Waals surface area contributed by atoms with Crippen molar-refractivity contribution in [3.63, 3.8) is 0 Å². The summed E-state index contributed by atoms with van der Waals surface area (Å²) in [6.45, 7) is 2.07. The topological polar surface area (TPSA) is 0 Å². The number of allylic oxidation sites excluding steroid dienone is 2. The van der Waals surface area contributed by atoms with Gasteiger partial charge in [-0.3, -0.25) is 0 Å². The first-order valence-corrected chi connectivity index (χ1v) is 10.8. The molecule has 1 saturated carbocycles. The maximum atomic E-state index is 15.4.